The van der Waals surface area contributed by atoms with E-state index in [1.165, 1.54) is 6.42 Å². The van der Waals surface area contributed by atoms with Crippen molar-refractivity contribution in [2.24, 2.45) is 23.0 Å². The lowest BCUT2D eigenvalue weighted by molar-refractivity contribution is -0.199. The molecule has 2 heterocycles. The zero-order valence-corrected chi connectivity index (χ0v) is 25.2. The van der Waals surface area contributed by atoms with Gasteiger partial charge in [0.2, 0.25) is 5.91 Å². The lowest BCUT2D eigenvalue weighted by Crippen LogP contribution is -2.65. The summed E-state index contributed by atoms with van der Waals surface area (Å²) in [5.41, 5.74) is 8.02. The fourth-order valence-corrected chi connectivity index (χ4v) is 7.56. The SMILES string of the molecule is CC1(C)C2CC3OB(C(CCCCN)NC(=O)Cn4nc(Cc5ccccc5)nc4Cc4ccccc4)OC3(C)C1C2. The monoisotopic (exact) mass is 569 g/mol. The fraction of sp³-hybridized carbons (Fsp3) is 0.545. The minimum Gasteiger partial charge on any atom is -0.404 e. The normalized spacial score (nSPS) is 26.4. The molecule has 3 saturated carbocycles. The zero-order valence-electron chi connectivity index (χ0n) is 25.2. The number of unbranched alkanes of at least 4 members (excludes halogenated alkanes) is 1. The van der Waals surface area contributed by atoms with Gasteiger partial charge in [0.05, 0.1) is 17.6 Å². The Morgan fingerprint density at radius 1 is 1.05 bits per heavy atom. The predicted molar refractivity (Wildman–Crippen MR) is 163 cm³/mol. The molecule has 4 aliphatic rings. The molecule has 2 bridgehead atoms. The van der Waals surface area contributed by atoms with E-state index in [0.717, 1.165) is 42.6 Å². The van der Waals surface area contributed by atoms with E-state index in [1.54, 1.807) is 4.68 Å². The van der Waals surface area contributed by atoms with Gasteiger partial charge in [-0.3, -0.25) is 4.79 Å². The number of nitrogens with one attached hydrogen (secondary N) is 1. The molecule has 1 amide bonds. The minimum atomic E-state index is -0.468. The second-order valence-corrected chi connectivity index (χ2v) is 13.2. The van der Waals surface area contributed by atoms with Gasteiger partial charge in [-0.05, 0) is 67.5 Å². The van der Waals surface area contributed by atoms with Gasteiger partial charge >= 0.3 is 7.12 Å². The number of nitrogens with two attached hydrogens (primary N) is 1. The van der Waals surface area contributed by atoms with Gasteiger partial charge in [0.25, 0.3) is 0 Å². The molecule has 1 saturated heterocycles. The molecule has 1 aromatic heterocycles. The van der Waals surface area contributed by atoms with Crippen LogP contribution in [0.4, 0.5) is 0 Å². The summed E-state index contributed by atoms with van der Waals surface area (Å²) in [6.07, 6.45) is 6.04. The van der Waals surface area contributed by atoms with Gasteiger partial charge in [-0.1, -0.05) is 80.9 Å². The number of rotatable bonds is 12. The van der Waals surface area contributed by atoms with E-state index in [1.807, 2.05) is 36.4 Å². The number of carbonyl (C=O) groups excluding carboxylic acids is 1. The summed E-state index contributed by atoms with van der Waals surface area (Å²) < 4.78 is 15.1. The fourth-order valence-electron chi connectivity index (χ4n) is 7.56. The molecule has 3 N–H and O–H groups in total. The molecule has 42 heavy (non-hydrogen) atoms. The average molecular weight is 570 g/mol. The van der Waals surface area contributed by atoms with Crippen LogP contribution in [0.5, 0.6) is 0 Å². The first-order valence-corrected chi connectivity index (χ1v) is 15.6. The molecule has 3 aromatic rings. The highest BCUT2D eigenvalue weighted by atomic mass is 16.7. The molecule has 0 radical (unpaired) electrons. The third kappa shape index (κ3) is 5.79. The Balaban J connectivity index is 1.18. The number of amides is 1. The van der Waals surface area contributed by atoms with Crippen LogP contribution in [0.25, 0.3) is 0 Å². The standard InChI is InChI=1S/C33H44BN5O3/c1-32(2)25-20-26(32)33(3)27(21-25)41-34(42-33)28(16-10-11-17-35)36-31(40)22-39-30(19-24-14-8-5-9-15-24)37-29(38-39)18-23-12-6-4-7-13-23/h4-9,12-15,25-28H,10-11,16-22,35H2,1-3H3,(H,36,40). The summed E-state index contributed by atoms with van der Waals surface area (Å²) in [5.74, 6) is 2.26. The van der Waals surface area contributed by atoms with Gasteiger partial charge in [0.1, 0.15) is 12.4 Å². The van der Waals surface area contributed by atoms with Gasteiger partial charge in [0, 0.05) is 12.8 Å². The molecule has 0 spiro atoms. The molecule has 7 rings (SSSR count). The number of nitrogens with zero attached hydrogens (tertiary/aromatic N) is 3. The van der Waals surface area contributed by atoms with Crippen LogP contribution < -0.4 is 11.1 Å². The van der Waals surface area contributed by atoms with Crippen LogP contribution >= 0.6 is 0 Å². The first kappa shape index (κ1) is 29.1. The molecule has 2 aromatic carbocycles. The van der Waals surface area contributed by atoms with E-state index in [2.05, 4.69) is 50.4 Å². The summed E-state index contributed by atoms with van der Waals surface area (Å²) in [4.78, 5) is 18.5. The highest BCUT2D eigenvalue weighted by Gasteiger charge is 2.68. The maximum Gasteiger partial charge on any atom is 0.481 e. The second-order valence-electron chi connectivity index (χ2n) is 13.2. The van der Waals surface area contributed by atoms with Gasteiger partial charge in [0.15, 0.2) is 5.82 Å². The van der Waals surface area contributed by atoms with Crippen LogP contribution in [0.15, 0.2) is 60.7 Å². The first-order valence-electron chi connectivity index (χ1n) is 15.6. The van der Waals surface area contributed by atoms with Crippen molar-refractivity contribution < 1.29 is 14.1 Å². The van der Waals surface area contributed by atoms with E-state index in [9.17, 15) is 4.79 Å². The largest absolute Gasteiger partial charge is 0.481 e. The summed E-state index contributed by atoms with van der Waals surface area (Å²) in [5, 5.41) is 8.06. The molecule has 1 aliphatic heterocycles. The van der Waals surface area contributed by atoms with Gasteiger partial charge in [-0.15, -0.1) is 0 Å². The smallest absolute Gasteiger partial charge is 0.404 e. The first-order chi connectivity index (χ1) is 20.3. The maximum absolute atomic E-state index is 13.6. The Bertz CT molecular complexity index is 1370. The molecule has 5 atom stereocenters. The van der Waals surface area contributed by atoms with Crippen LogP contribution in [-0.4, -0.2) is 52.0 Å². The summed E-state index contributed by atoms with van der Waals surface area (Å²) in [6, 6.07) is 20.4. The van der Waals surface area contributed by atoms with Crippen LogP contribution in [0, 0.1) is 17.3 Å². The number of carbonyl (C=O) groups is 1. The number of benzene rings is 2. The topological polar surface area (TPSA) is 104 Å². The van der Waals surface area contributed by atoms with Crippen molar-refractivity contribution in [1.82, 2.24) is 20.1 Å². The van der Waals surface area contributed by atoms with E-state index in [-0.39, 0.29) is 35.5 Å². The molecular formula is C33H44BN5O3. The maximum atomic E-state index is 13.6. The van der Waals surface area contributed by atoms with E-state index < -0.39 is 7.12 Å². The van der Waals surface area contributed by atoms with Crippen molar-refractivity contribution >= 4 is 13.0 Å². The van der Waals surface area contributed by atoms with E-state index in [4.69, 9.17) is 25.1 Å². The lowest BCUT2D eigenvalue weighted by Gasteiger charge is -2.64. The van der Waals surface area contributed by atoms with Gasteiger partial charge in [-0.25, -0.2) is 9.67 Å². The predicted octanol–water partition coefficient (Wildman–Crippen LogP) is 4.34. The van der Waals surface area contributed by atoms with Crippen LogP contribution in [0.2, 0.25) is 0 Å². The molecular weight excluding hydrogens is 525 g/mol. The number of hydrogen-bond acceptors (Lipinski definition) is 6. The molecule has 3 aliphatic carbocycles. The second kappa shape index (κ2) is 11.9. The van der Waals surface area contributed by atoms with Crippen molar-refractivity contribution in [2.45, 2.75) is 89.9 Å². The van der Waals surface area contributed by atoms with Crippen LogP contribution in [-0.2, 0) is 33.5 Å². The average Bonchev–Trinajstić information content (AvgIpc) is 3.52. The van der Waals surface area contributed by atoms with Gasteiger partial charge < -0.3 is 20.4 Å². The van der Waals surface area contributed by atoms with Crippen molar-refractivity contribution in [3.63, 3.8) is 0 Å². The molecule has 4 fully saturated rings. The third-order valence-corrected chi connectivity index (χ3v) is 10.1. The van der Waals surface area contributed by atoms with Gasteiger partial charge in [-0.2, -0.15) is 5.10 Å². The van der Waals surface area contributed by atoms with E-state index >= 15 is 0 Å². The Morgan fingerprint density at radius 3 is 2.40 bits per heavy atom. The van der Waals surface area contributed by atoms with Crippen LogP contribution in [0.3, 0.4) is 0 Å². The third-order valence-electron chi connectivity index (χ3n) is 10.1. The molecule has 222 valence electrons. The van der Waals surface area contributed by atoms with Crippen molar-refractivity contribution in [1.29, 1.82) is 0 Å². The molecule has 9 heteroatoms. The Hall–Kier alpha value is -3.01. The van der Waals surface area contributed by atoms with Crippen LogP contribution in [0.1, 0.15) is 75.7 Å². The summed E-state index contributed by atoms with van der Waals surface area (Å²) in [6.45, 7) is 7.65. The summed E-state index contributed by atoms with van der Waals surface area (Å²) in [7, 11) is -0.468. The number of hydrogen-bond donors (Lipinski definition) is 2. The highest BCUT2D eigenvalue weighted by molar-refractivity contribution is 6.47. The summed E-state index contributed by atoms with van der Waals surface area (Å²) >= 11 is 0. The molecule has 8 nitrogen and oxygen atoms in total. The zero-order chi connectivity index (χ0) is 29.3. The Kier molecular flexibility index (Phi) is 8.27. The Morgan fingerprint density at radius 2 is 1.74 bits per heavy atom. The number of aromatic nitrogens is 3. The highest BCUT2D eigenvalue weighted by Crippen LogP contribution is 2.65. The van der Waals surface area contributed by atoms with Crippen molar-refractivity contribution in [3.05, 3.63) is 83.4 Å². The lowest BCUT2D eigenvalue weighted by atomic mass is 9.43. The molecule has 5 unspecified atom stereocenters. The van der Waals surface area contributed by atoms with E-state index in [0.29, 0.717) is 37.0 Å². The van der Waals surface area contributed by atoms with Crippen molar-refractivity contribution in [3.8, 4) is 0 Å². The Labute approximate surface area is 249 Å². The van der Waals surface area contributed by atoms with Crippen molar-refractivity contribution in [2.75, 3.05) is 6.54 Å². The minimum absolute atomic E-state index is 0.0709. The quantitative estimate of drug-likeness (QED) is 0.249.